The Morgan fingerprint density at radius 2 is 1.97 bits per heavy atom. The number of nitrogens with zero attached hydrogens (tertiary/aromatic N) is 4. The fourth-order valence-electron chi connectivity index (χ4n) is 4.12. The van der Waals surface area contributed by atoms with E-state index in [4.69, 9.17) is 14.9 Å². The molecule has 1 unspecified atom stereocenters. The molecular formula is C24H16N6O2. The number of ether oxygens (including phenoxy) is 1. The minimum absolute atomic E-state index is 0.0588. The first-order valence-corrected chi connectivity index (χ1v) is 9.96. The molecule has 1 aliphatic rings. The third-order valence-corrected chi connectivity index (χ3v) is 5.63. The third kappa shape index (κ3) is 2.69. The molecule has 1 atom stereocenters. The number of H-pyrrole nitrogens is 1. The number of benzene rings is 2. The van der Waals surface area contributed by atoms with Crippen LogP contribution in [0.5, 0.6) is 5.88 Å². The number of nitrogens with two attached hydrogens (primary N) is 1. The maximum atomic E-state index is 9.90. The predicted octanol–water partition coefficient (Wildman–Crippen LogP) is 4.23. The van der Waals surface area contributed by atoms with Gasteiger partial charge in [-0.2, -0.15) is 10.4 Å². The molecule has 3 N–H and O–H groups in total. The van der Waals surface area contributed by atoms with Crippen LogP contribution in [-0.4, -0.2) is 19.7 Å². The maximum Gasteiger partial charge on any atom is 0.222 e. The highest BCUT2D eigenvalue weighted by Crippen LogP contribution is 2.46. The molecular weight excluding hydrogens is 404 g/mol. The lowest BCUT2D eigenvalue weighted by atomic mass is 9.83. The second-order valence-corrected chi connectivity index (χ2v) is 7.45. The van der Waals surface area contributed by atoms with E-state index in [0.717, 1.165) is 22.2 Å². The van der Waals surface area contributed by atoms with Crippen molar-refractivity contribution in [3.8, 4) is 29.1 Å². The standard InChI is InChI=1S/C24H16N6O2/c25-12-17-20(14-5-7-16(8-6-14)30-10-9-27-13-30)21-22(28-29-24(21)32-23(17)26)19-11-15-3-1-2-4-18(15)31-19/h1-11,13,20H,26H2,(H,28,29). The number of hydrogen-bond donors (Lipinski definition) is 2. The van der Waals surface area contributed by atoms with Crippen LogP contribution in [0.1, 0.15) is 17.0 Å². The van der Waals surface area contributed by atoms with Crippen molar-refractivity contribution in [1.29, 1.82) is 5.26 Å². The highest BCUT2D eigenvalue weighted by atomic mass is 16.5. The van der Waals surface area contributed by atoms with Crippen molar-refractivity contribution in [2.45, 2.75) is 5.92 Å². The highest BCUT2D eigenvalue weighted by Gasteiger charge is 2.36. The highest BCUT2D eigenvalue weighted by molar-refractivity contribution is 5.83. The summed E-state index contributed by atoms with van der Waals surface area (Å²) in [6, 6.07) is 19.8. The Balaban J connectivity index is 1.51. The monoisotopic (exact) mass is 420 g/mol. The quantitative estimate of drug-likeness (QED) is 0.451. The van der Waals surface area contributed by atoms with Gasteiger partial charge in [0.05, 0.1) is 17.8 Å². The number of rotatable bonds is 3. The number of nitriles is 1. The van der Waals surface area contributed by atoms with Crippen LogP contribution in [0.25, 0.3) is 28.1 Å². The van der Waals surface area contributed by atoms with Gasteiger partial charge in [0.2, 0.25) is 11.8 Å². The van der Waals surface area contributed by atoms with Crippen LogP contribution < -0.4 is 10.5 Å². The van der Waals surface area contributed by atoms with Gasteiger partial charge in [0.1, 0.15) is 22.9 Å². The topological polar surface area (TPSA) is 119 Å². The van der Waals surface area contributed by atoms with Crippen molar-refractivity contribution in [2.75, 3.05) is 0 Å². The van der Waals surface area contributed by atoms with E-state index in [1.807, 2.05) is 65.4 Å². The minimum atomic E-state index is -0.456. The second kappa shape index (κ2) is 6.89. The first-order chi connectivity index (χ1) is 15.7. The smallest absolute Gasteiger partial charge is 0.222 e. The maximum absolute atomic E-state index is 9.90. The Kier molecular flexibility index (Phi) is 3.88. The molecule has 0 saturated heterocycles. The van der Waals surface area contributed by atoms with E-state index in [1.54, 1.807) is 12.5 Å². The molecule has 0 radical (unpaired) electrons. The van der Waals surface area contributed by atoms with Gasteiger partial charge in [-0.3, -0.25) is 0 Å². The molecule has 1 aliphatic heterocycles. The van der Waals surface area contributed by atoms with E-state index in [2.05, 4.69) is 21.3 Å². The van der Waals surface area contributed by atoms with E-state index in [0.29, 0.717) is 28.5 Å². The molecule has 0 saturated carbocycles. The van der Waals surface area contributed by atoms with Gasteiger partial charge < -0.3 is 19.5 Å². The number of para-hydroxylation sites is 1. The minimum Gasteiger partial charge on any atom is -0.454 e. The zero-order valence-electron chi connectivity index (χ0n) is 16.7. The van der Waals surface area contributed by atoms with E-state index in [-0.39, 0.29) is 5.88 Å². The second-order valence-electron chi connectivity index (χ2n) is 7.45. The van der Waals surface area contributed by atoms with Gasteiger partial charge in [0.15, 0.2) is 5.76 Å². The van der Waals surface area contributed by atoms with Gasteiger partial charge in [-0.25, -0.2) is 10.1 Å². The molecule has 8 nitrogen and oxygen atoms in total. The summed E-state index contributed by atoms with van der Waals surface area (Å²) < 4.78 is 13.7. The first kappa shape index (κ1) is 18.0. The van der Waals surface area contributed by atoms with Crippen molar-refractivity contribution in [1.82, 2.24) is 19.7 Å². The number of imidazole rings is 1. The lowest BCUT2D eigenvalue weighted by Gasteiger charge is -2.24. The Bertz CT molecular complexity index is 1480. The summed E-state index contributed by atoms with van der Waals surface area (Å²) in [4.78, 5) is 4.09. The zero-order chi connectivity index (χ0) is 21.7. The largest absolute Gasteiger partial charge is 0.454 e. The molecule has 0 aliphatic carbocycles. The average Bonchev–Trinajstić information content (AvgIpc) is 3.57. The fraction of sp³-hybridized carbons (Fsp3) is 0.0417. The lowest BCUT2D eigenvalue weighted by molar-refractivity contribution is 0.379. The Hall–Kier alpha value is -4.77. The number of allylic oxidation sites excluding steroid dienone is 1. The number of nitrogens with one attached hydrogen (secondary N) is 1. The van der Waals surface area contributed by atoms with E-state index >= 15 is 0 Å². The molecule has 5 aromatic rings. The van der Waals surface area contributed by atoms with Gasteiger partial charge in [-0.05, 0) is 29.8 Å². The molecule has 32 heavy (non-hydrogen) atoms. The Morgan fingerprint density at radius 1 is 1.12 bits per heavy atom. The molecule has 0 bridgehead atoms. The normalized spacial score (nSPS) is 15.4. The Labute approximate surface area is 182 Å². The van der Waals surface area contributed by atoms with Gasteiger partial charge in [0, 0.05) is 23.5 Å². The average molecular weight is 420 g/mol. The van der Waals surface area contributed by atoms with E-state index in [9.17, 15) is 5.26 Å². The molecule has 2 aromatic carbocycles. The van der Waals surface area contributed by atoms with Crippen molar-refractivity contribution in [3.05, 3.63) is 95.9 Å². The molecule has 0 amide bonds. The summed E-state index contributed by atoms with van der Waals surface area (Å²) in [6.07, 6.45) is 5.33. The van der Waals surface area contributed by atoms with Crippen LogP contribution in [0, 0.1) is 11.3 Å². The van der Waals surface area contributed by atoms with Gasteiger partial charge in [-0.1, -0.05) is 30.3 Å². The summed E-state index contributed by atoms with van der Waals surface area (Å²) >= 11 is 0. The molecule has 0 spiro atoms. The van der Waals surface area contributed by atoms with Crippen LogP contribution in [0.3, 0.4) is 0 Å². The number of aromatic amines is 1. The third-order valence-electron chi connectivity index (χ3n) is 5.63. The summed E-state index contributed by atoms with van der Waals surface area (Å²) in [5.41, 5.74) is 10.3. The van der Waals surface area contributed by atoms with Crippen molar-refractivity contribution >= 4 is 11.0 Å². The van der Waals surface area contributed by atoms with Gasteiger partial charge >= 0.3 is 0 Å². The number of hydrogen-bond acceptors (Lipinski definition) is 6. The van der Waals surface area contributed by atoms with Crippen molar-refractivity contribution in [2.24, 2.45) is 5.73 Å². The van der Waals surface area contributed by atoms with Crippen LogP contribution >= 0.6 is 0 Å². The molecule has 6 rings (SSSR count). The fourth-order valence-corrected chi connectivity index (χ4v) is 4.12. The van der Waals surface area contributed by atoms with Crippen LogP contribution in [0.2, 0.25) is 0 Å². The first-order valence-electron chi connectivity index (χ1n) is 9.96. The molecule has 154 valence electrons. The summed E-state index contributed by atoms with van der Waals surface area (Å²) in [6.45, 7) is 0. The summed E-state index contributed by atoms with van der Waals surface area (Å²) in [7, 11) is 0. The molecule has 3 aromatic heterocycles. The molecule has 0 fully saturated rings. The lowest BCUT2D eigenvalue weighted by Crippen LogP contribution is -2.21. The zero-order valence-corrected chi connectivity index (χ0v) is 16.7. The van der Waals surface area contributed by atoms with Crippen molar-refractivity contribution in [3.63, 3.8) is 0 Å². The number of aromatic nitrogens is 4. The molecule has 4 heterocycles. The van der Waals surface area contributed by atoms with Crippen molar-refractivity contribution < 1.29 is 9.15 Å². The SMILES string of the molecule is N#CC1=C(N)Oc2[nH]nc(-c3cc4ccccc4o3)c2C1c1ccc(-n2ccnc2)cc1. The number of fused-ring (bicyclic) bond motifs is 2. The van der Waals surface area contributed by atoms with Gasteiger partial charge in [0.25, 0.3) is 0 Å². The van der Waals surface area contributed by atoms with Gasteiger partial charge in [-0.15, -0.1) is 0 Å². The molecule has 8 heteroatoms. The van der Waals surface area contributed by atoms with E-state index in [1.165, 1.54) is 0 Å². The number of furan rings is 1. The van der Waals surface area contributed by atoms with Crippen LogP contribution in [0.15, 0.2) is 89.2 Å². The summed E-state index contributed by atoms with van der Waals surface area (Å²) in [5.74, 6) is 0.594. The predicted molar refractivity (Wildman–Crippen MR) is 117 cm³/mol. The van der Waals surface area contributed by atoms with E-state index < -0.39 is 5.92 Å². The summed E-state index contributed by atoms with van der Waals surface area (Å²) in [5, 5.41) is 18.2. The van der Waals surface area contributed by atoms with Crippen LogP contribution in [0.4, 0.5) is 0 Å². The van der Waals surface area contributed by atoms with Crippen LogP contribution in [-0.2, 0) is 0 Å². The Morgan fingerprint density at radius 3 is 2.72 bits per heavy atom.